The summed E-state index contributed by atoms with van der Waals surface area (Å²) in [4.78, 5) is 1.54. The molecule has 0 atom stereocenters. The minimum atomic E-state index is 0.288. The van der Waals surface area contributed by atoms with Gasteiger partial charge in [0.05, 0.1) is 0 Å². The lowest BCUT2D eigenvalue weighted by molar-refractivity contribution is 0.459. The summed E-state index contributed by atoms with van der Waals surface area (Å²) in [6.45, 7) is 6.22. The molecule has 3 rings (SSSR count). The second-order valence-corrected chi connectivity index (χ2v) is 5.88. The zero-order valence-electron chi connectivity index (χ0n) is 13.3. The van der Waals surface area contributed by atoms with Gasteiger partial charge in [-0.1, -0.05) is 25.5 Å². The number of aromatic hydroxyl groups is 1. The Hall–Kier alpha value is -2.36. The SMILES string of the molecule is CCCCc1cc(C)cc(-n2nc3ccc(C)cc3n2)c1O. The molecule has 0 unspecified atom stereocenters. The van der Waals surface area contributed by atoms with Crippen molar-refractivity contribution in [3.63, 3.8) is 0 Å². The van der Waals surface area contributed by atoms with Gasteiger partial charge in [0.25, 0.3) is 0 Å². The van der Waals surface area contributed by atoms with Gasteiger partial charge in [-0.05, 0) is 61.6 Å². The first-order valence-corrected chi connectivity index (χ1v) is 7.75. The maximum atomic E-state index is 10.6. The van der Waals surface area contributed by atoms with Crippen LogP contribution in [0.5, 0.6) is 5.75 Å². The number of rotatable bonds is 4. The molecule has 1 N–H and O–H groups in total. The van der Waals surface area contributed by atoms with Crippen LogP contribution in [0.1, 0.15) is 36.5 Å². The lowest BCUT2D eigenvalue weighted by Gasteiger charge is -2.10. The Balaban J connectivity index is 2.10. The van der Waals surface area contributed by atoms with Gasteiger partial charge in [-0.2, -0.15) is 0 Å². The number of aromatic nitrogens is 3. The molecule has 114 valence electrons. The number of nitrogens with zero attached hydrogens (tertiary/aromatic N) is 3. The zero-order chi connectivity index (χ0) is 15.7. The van der Waals surface area contributed by atoms with E-state index in [1.165, 1.54) is 0 Å². The van der Waals surface area contributed by atoms with Crippen molar-refractivity contribution in [3.05, 3.63) is 47.0 Å². The summed E-state index contributed by atoms with van der Waals surface area (Å²) < 4.78 is 0. The predicted molar refractivity (Wildman–Crippen MR) is 88.6 cm³/mol. The fraction of sp³-hybridized carbons (Fsp3) is 0.333. The number of phenols is 1. The third-order valence-corrected chi connectivity index (χ3v) is 3.86. The average Bonchev–Trinajstić information content (AvgIpc) is 2.90. The van der Waals surface area contributed by atoms with E-state index in [4.69, 9.17) is 0 Å². The number of hydrogen-bond acceptors (Lipinski definition) is 3. The molecular weight excluding hydrogens is 274 g/mol. The largest absolute Gasteiger partial charge is 0.505 e. The van der Waals surface area contributed by atoms with Crippen LogP contribution in [-0.2, 0) is 6.42 Å². The van der Waals surface area contributed by atoms with Crippen LogP contribution in [0.25, 0.3) is 16.7 Å². The van der Waals surface area contributed by atoms with Gasteiger partial charge in [-0.15, -0.1) is 15.0 Å². The summed E-state index contributed by atoms with van der Waals surface area (Å²) >= 11 is 0. The number of fused-ring (bicyclic) bond motifs is 1. The van der Waals surface area contributed by atoms with E-state index in [0.29, 0.717) is 5.69 Å². The summed E-state index contributed by atoms with van der Waals surface area (Å²) in [6.07, 6.45) is 3.03. The second-order valence-electron chi connectivity index (χ2n) is 5.88. The molecular formula is C18H21N3O. The number of unbranched alkanes of at least 4 members (excludes halogenated alkanes) is 1. The van der Waals surface area contributed by atoms with Crippen molar-refractivity contribution in [2.24, 2.45) is 0 Å². The van der Waals surface area contributed by atoms with Gasteiger partial charge in [-0.3, -0.25) is 0 Å². The molecule has 0 spiro atoms. The van der Waals surface area contributed by atoms with E-state index < -0.39 is 0 Å². The first-order valence-electron chi connectivity index (χ1n) is 7.75. The molecule has 0 radical (unpaired) electrons. The minimum absolute atomic E-state index is 0.288. The molecule has 0 amide bonds. The van der Waals surface area contributed by atoms with Crippen LogP contribution in [-0.4, -0.2) is 20.1 Å². The van der Waals surface area contributed by atoms with Gasteiger partial charge in [0, 0.05) is 0 Å². The summed E-state index contributed by atoms with van der Waals surface area (Å²) in [5.41, 5.74) is 5.56. The monoisotopic (exact) mass is 295 g/mol. The number of phenolic OH excluding ortho intramolecular Hbond substituents is 1. The molecule has 1 aromatic heterocycles. The van der Waals surface area contributed by atoms with Gasteiger partial charge in [0.1, 0.15) is 22.5 Å². The molecule has 4 nitrogen and oxygen atoms in total. The van der Waals surface area contributed by atoms with Crippen molar-refractivity contribution in [1.82, 2.24) is 15.0 Å². The minimum Gasteiger partial charge on any atom is -0.505 e. The molecule has 3 aromatic rings. The normalized spacial score (nSPS) is 11.2. The van der Waals surface area contributed by atoms with E-state index in [-0.39, 0.29) is 5.75 Å². The zero-order valence-corrected chi connectivity index (χ0v) is 13.3. The van der Waals surface area contributed by atoms with E-state index in [1.54, 1.807) is 4.80 Å². The standard InChI is InChI=1S/C18H21N3O/c1-4-5-6-14-9-13(3)11-17(18(14)22)21-19-15-8-7-12(2)10-16(15)20-21/h7-11,22H,4-6H2,1-3H3. The fourth-order valence-electron chi connectivity index (χ4n) is 2.68. The maximum absolute atomic E-state index is 10.6. The molecule has 0 fully saturated rings. The lowest BCUT2D eigenvalue weighted by atomic mass is 10.0. The maximum Gasteiger partial charge on any atom is 0.146 e. The van der Waals surface area contributed by atoms with Crippen LogP contribution in [0.15, 0.2) is 30.3 Å². The number of hydrogen-bond donors (Lipinski definition) is 1. The molecule has 4 heteroatoms. The van der Waals surface area contributed by atoms with E-state index in [0.717, 1.165) is 47.0 Å². The first-order chi connectivity index (χ1) is 10.6. The predicted octanol–water partition coefficient (Wildman–Crippen LogP) is 4.09. The van der Waals surface area contributed by atoms with Crippen molar-refractivity contribution >= 4 is 11.0 Å². The van der Waals surface area contributed by atoms with Crippen molar-refractivity contribution in [2.75, 3.05) is 0 Å². The summed E-state index contributed by atoms with van der Waals surface area (Å²) in [5, 5.41) is 19.6. The van der Waals surface area contributed by atoms with Gasteiger partial charge in [0.2, 0.25) is 0 Å². The summed E-state index contributed by atoms with van der Waals surface area (Å²) in [6, 6.07) is 9.95. The molecule has 2 aromatic carbocycles. The van der Waals surface area contributed by atoms with E-state index in [9.17, 15) is 5.11 Å². The van der Waals surface area contributed by atoms with E-state index >= 15 is 0 Å². The summed E-state index contributed by atoms with van der Waals surface area (Å²) in [5.74, 6) is 0.288. The highest BCUT2D eigenvalue weighted by Gasteiger charge is 2.13. The highest BCUT2D eigenvalue weighted by Crippen LogP contribution is 2.29. The molecule has 0 aliphatic carbocycles. The fourth-order valence-corrected chi connectivity index (χ4v) is 2.68. The molecule has 1 heterocycles. The lowest BCUT2D eigenvalue weighted by Crippen LogP contribution is -2.02. The molecule has 0 saturated carbocycles. The van der Waals surface area contributed by atoms with Crippen LogP contribution in [0.4, 0.5) is 0 Å². The van der Waals surface area contributed by atoms with Gasteiger partial charge in [0.15, 0.2) is 0 Å². The van der Waals surface area contributed by atoms with Gasteiger partial charge >= 0.3 is 0 Å². The van der Waals surface area contributed by atoms with Crippen LogP contribution in [0.3, 0.4) is 0 Å². The molecule has 0 aliphatic rings. The topological polar surface area (TPSA) is 50.9 Å². The highest BCUT2D eigenvalue weighted by molar-refractivity contribution is 5.74. The molecule has 22 heavy (non-hydrogen) atoms. The number of benzene rings is 2. The Morgan fingerprint density at radius 3 is 2.55 bits per heavy atom. The van der Waals surface area contributed by atoms with Crippen LogP contribution in [0.2, 0.25) is 0 Å². The Labute approximate surface area is 130 Å². The highest BCUT2D eigenvalue weighted by atomic mass is 16.3. The van der Waals surface area contributed by atoms with Gasteiger partial charge in [-0.25, -0.2) is 0 Å². The van der Waals surface area contributed by atoms with E-state index in [1.807, 2.05) is 44.2 Å². The Bertz CT molecular complexity index is 821. The van der Waals surface area contributed by atoms with Crippen molar-refractivity contribution < 1.29 is 5.11 Å². The smallest absolute Gasteiger partial charge is 0.146 e. The van der Waals surface area contributed by atoms with Crippen molar-refractivity contribution in [3.8, 4) is 11.4 Å². The Kier molecular flexibility index (Phi) is 3.84. The number of aryl methyl sites for hydroxylation is 3. The molecule has 0 saturated heterocycles. The van der Waals surface area contributed by atoms with Crippen LogP contribution >= 0.6 is 0 Å². The second kappa shape index (κ2) is 5.79. The third kappa shape index (κ3) is 2.69. The quantitative estimate of drug-likeness (QED) is 0.789. The third-order valence-electron chi connectivity index (χ3n) is 3.86. The molecule has 0 bridgehead atoms. The Morgan fingerprint density at radius 1 is 1.00 bits per heavy atom. The van der Waals surface area contributed by atoms with Crippen LogP contribution < -0.4 is 0 Å². The first kappa shape index (κ1) is 14.6. The van der Waals surface area contributed by atoms with E-state index in [2.05, 4.69) is 17.1 Å². The average molecular weight is 295 g/mol. The van der Waals surface area contributed by atoms with Gasteiger partial charge < -0.3 is 5.11 Å². The van der Waals surface area contributed by atoms with Crippen LogP contribution in [0, 0.1) is 13.8 Å². The Morgan fingerprint density at radius 2 is 1.77 bits per heavy atom. The van der Waals surface area contributed by atoms with Crippen molar-refractivity contribution in [1.29, 1.82) is 0 Å². The summed E-state index contributed by atoms with van der Waals surface area (Å²) in [7, 11) is 0. The molecule has 0 aliphatic heterocycles. The van der Waals surface area contributed by atoms with Crippen molar-refractivity contribution in [2.45, 2.75) is 40.0 Å².